The lowest BCUT2D eigenvalue weighted by Crippen LogP contribution is -2.34. The van der Waals surface area contributed by atoms with Crippen LogP contribution in [0.25, 0.3) is 10.9 Å². The molecular weight excluding hydrogens is 391 g/mol. The molecule has 1 fully saturated rings. The summed E-state index contributed by atoms with van der Waals surface area (Å²) in [5.41, 5.74) is 1.62. The van der Waals surface area contributed by atoms with E-state index in [0.29, 0.717) is 11.3 Å². The number of nitrogens with one attached hydrogen (secondary N) is 1. The maximum Gasteiger partial charge on any atom is 0.274 e. The first kappa shape index (κ1) is 19.4. The lowest BCUT2D eigenvalue weighted by Gasteiger charge is -2.29. The van der Waals surface area contributed by atoms with Gasteiger partial charge in [0.05, 0.1) is 7.11 Å². The van der Waals surface area contributed by atoms with Crippen molar-refractivity contribution in [1.29, 1.82) is 0 Å². The number of anilines is 1. The molecule has 3 heterocycles. The molecule has 6 nitrogen and oxygen atoms in total. The number of nitrogens with zero attached hydrogens (tertiary/aromatic N) is 3. The summed E-state index contributed by atoms with van der Waals surface area (Å²) in [5, 5.41) is 3.72. The van der Waals surface area contributed by atoms with Crippen molar-refractivity contribution in [2.75, 3.05) is 36.6 Å². The van der Waals surface area contributed by atoms with Gasteiger partial charge < -0.3 is 15.0 Å². The summed E-state index contributed by atoms with van der Waals surface area (Å²) in [6.45, 7) is 2.00. The summed E-state index contributed by atoms with van der Waals surface area (Å²) in [6.07, 6.45) is 1.68. The molecule has 2 aromatic heterocycles. The number of carbonyl (C=O) groups is 1. The number of methoxy groups -OCH3 is 1. The third kappa shape index (κ3) is 4.12. The molecule has 0 atom stereocenters. The summed E-state index contributed by atoms with van der Waals surface area (Å²) >= 11 is 1.91. The summed E-state index contributed by atoms with van der Waals surface area (Å²) < 4.78 is 18.6. The smallest absolute Gasteiger partial charge is 0.274 e. The van der Waals surface area contributed by atoms with Gasteiger partial charge in [0.25, 0.3) is 5.91 Å². The van der Waals surface area contributed by atoms with Gasteiger partial charge in [-0.1, -0.05) is 12.1 Å². The minimum absolute atomic E-state index is 0.203. The van der Waals surface area contributed by atoms with Crippen LogP contribution in [0.15, 0.2) is 42.6 Å². The Kier molecular flexibility index (Phi) is 5.80. The third-order valence-electron chi connectivity index (χ3n) is 4.79. The standard InChI is InChI=1S/C21H21FN4O2S/c1-28-19-17-16(3-2-8-23-17)20(26-9-11-29-12-10-26)25-18(19)21(27)24-13-14-4-6-15(22)7-5-14/h2-8H,9-13H2,1H3,(H,24,27). The van der Waals surface area contributed by atoms with Gasteiger partial charge in [-0.3, -0.25) is 9.78 Å². The number of ether oxygens (including phenoxy) is 1. The van der Waals surface area contributed by atoms with Crippen LogP contribution in [0.5, 0.6) is 5.75 Å². The normalized spacial score (nSPS) is 14.1. The van der Waals surface area contributed by atoms with Crippen molar-refractivity contribution in [1.82, 2.24) is 15.3 Å². The summed E-state index contributed by atoms with van der Waals surface area (Å²) in [5.74, 6) is 2.47. The minimum Gasteiger partial charge on any atom is -0.492 e. The average Bonchev–Trinajstić information content (AvgIpc) is 2.78. The van der Waals surface area contributed by atoms with E-state index in [0.717, 1.165) is 41.4 Å². The molecule has 1 aliphatic heterocycles. The Labute approximate surface area is 172 Å². The molecule has 0 radical (unpaired) electrons. The second kappa shape index (κ2) is 8.65. The van der Waals surface area contributed by atoms with Gasteiger partial charge in [0.1, 0.15) is 17.2 Å². The van der Waals surface area contributed by atoms with E-state index in [9.17, 15) is 9.18 Å². The summed E-state index contributed by atoms with van der Waals surface area (Å²) in [7, 11) is 1.51. The van der Waals surface area contributed by atoms with Gasteiger partial charge >= 0.3 is 0 Å². The number of halogens is 1. The van der Waals surface area contributed by atoms with Crippen molar-refractivity contribution in [3.63, 3.8) is 0 Å². The Morgan fingerprint density at radius 3 is 2.72 bits per heavy atom. The molecular formula is C21H21FN4O2S. The van der Waals surface area contributed by atoms with Crippen molar-refractivity contribution in [3.8, 4) is 5.75 Å². The quantitative estimate of drug-likeness (QED) is 0.694. The number of benzene rings is 1. The maximum atomic E-state index is 13.1. The van der Waals surface area contributed by atoms with E-state index >= 15 is 0 Å². The van der Waals surface area contributed by atoms with Gasteiger partial charge in [0.2, 0.25) is 0 Å². The van der Waals surface area contributed by atoms with Gasteiger partial charge in [0.15, 0.2) is 11.4 Å². The van der Waals surface area contributed by atoms with Crippen LogP contribution in [0.1, 0.15) is 16.1 Å². The van der Waals surface area contributed by atoms with E-state index in [1.54, 1.807) is 18.3 Å². The largest absolute Gasteiger partial charge is 0.492 e. The summed E-state index contributed by atoms with van der Waals surface area (Å²) in [4.78, 5) is 24.3. The number of hydrogen-bond donors (Lipinski definition) is 1. The van der Waals surface area contributed by atoms with Gasteiger partial charge in [0, 0.05) is 42.7 Å². The first-order chi connectivity index (χ1) is 14.2. The molecule has 150 valence electrons. The molecule has 1 saturated heterocycles. The second-order valence-corrected chi connectivity index (χ2v) is 7.85. The number of aromatic nitrogens is 2. The molecule has 0 unspecified atom stereocenters. The van der Waals surface area contributed by atoms with E-state index in [1.807, 2.05) is 23.9 Å². The molecule has 3 aromatic rings. The Balaban J connectivity index is 1.70. The van der Waals surface area contributed by atoms with Crippen molar-refractivity contribution < 1.29 is 13.9 Å². The number of amides is 1. The minimum atomic E-state index is -0.355. The zero-order valence-corrected chi connectivity index (χ0v) is 16.8. The van der Waals surface area contributed by atoms with Crippen molar-refractivity contribution in [2.24, 2.45) is 0 Å². The van der Waals surface area contributed by atoms with Gasteiger partial charge in [-0.2, -0.15) is 11.8 Å². The van der Waals surface area contributed by atoms with Crippen molar-refractivity contribution >= 4 is 34.4 Å². The molecule has 1 amide bonds. The fourth-order valence-electron chi connectivity index (χ4n) is 3.33. The molecule has 0 saturated carbocycles. The average molecular weight is 412 g/mol. The molecule has 0 bridgehead atoms. The predicted octanol–water partition coefficient (Wildman–Crippen LogP) is 3.26. The highest BCUT2D eigenvalue weighted by Crippen LogP contribution is 2.34. The lowest BCUT2D eigenvalue weighted by atomic mass is 10.1. The van der Waals surface area contributed by atoms with E-state index in [4.69, 9.17) is 9.72 Å². The maximum absolute atomic E-state index is 13.1. The molecule has 4 rings (SSSR count). The molecule has 1 aliphatic rings. The number of carbonyl (C=O) groups excluding carboxylic acids is 1. The van der Waals surface area contributed by atoms with E-state index in [-0.39, 0.29) is 24.0 Å². The highest BCUT2D eigenvalue weighted by atomic mass is 32.2. The first-order valence-corrected chi connectivity index (χ1v) is 10.5. The Morgan fingerprint density at radius 2 is 2.00 bits per heavy atom. The molecule has 29 heavy (non-hydrogen) atoms. The Morgan fingerprint density at radius 1 is 1.24 bits per heavy atom. The fourth-order valence-corrected chi connectivity index (χ4v) is 4.23. The van der Waals surface area contributed by atoms with Gasteiger partial charge in [-0.05, 0) is 29.8 Å². The van der Waals surface area contributed by atoms with Crippen LogP contribution in [-0.4, -0.2) is 47.6 Å². The zero-order chi connectivity index (χ0) is 20.2. The van der Waals surface area contributed by atoms with E-state index in [1.165, 1.54) is 19.2 Å². The predicted molar refractivity (Wildman–Crippen MR) is 113 cm³/mol. The van der Waals surface area contributed by atoms with Crippen LogP contribution in [0, 0.1) is 5.82 Å². The SMILES string of the molecule is COc1c(C(=O)NCc2ccc(F)cc2)nc(N2CCSCC2)c2cccnc12. The Bertz CT molecular complexity index is 1020. The third-order valence-corrected chi connectivity index (χ3v) is 5.74. The molecule has 8 heteroatoms. The van der Waals surface area contributed by atoms with E-state index < -0.39 is 0 Å². The monoisotopic (exact) mass is 412 g/mol. The fraction of sp³-hybridized carbons (Fsp3) is 0.286. The van der Waals surface area contributed by atoms with Crippen LogP contribution in [0.2, 0.25) is 0 Å². The van der Waals surface area contributed by atoms with Crippen LogP contribution in [-0.2, 0) is 6.54 Å². The number of thioether (sulfide) groups is 1. The van der Waals surface area contributed by atoms with E-state index in [2.05, 4.69) is 15.2 Å². The number of hydrogen-bond acceptors (Lipinski definition) is 6. The number of fused-ring (bicyclic) bond motifs is 1. The molecule has 0 aliphatic carbocycles. The van der Waals surface area contributed by atoms with Gasteiger partial charge in [-0.15, -0.1) is 0 Å². The number of rotatable bonds is 5. The van der Waals surface area contributed by atoms with Gasteiger partial charge in [-0.25, -0.2) is 9.37 Å². The topological polar surface area (TPSA) is 67.3 Å². The zero-order valence-electron chi connectivity index (χ0n) is 16.0. The van der Waals surface area contributed by atoms with Crippen LogP contribution in [0.3, 0.4) is 0 Å². The second-order valence-electron chi connectivity index (χ2n) is 6.63. The first-order valence-electron chi connectivity index (χ1n) is 9.35. The summed E-state index contributed by atoms with van der Waals surface area (Å²) in [6, 6.07) is 9.83. The van der Waals surface area contributed by atoms with Crippen LogP contribution in [0.4, 0.5) is 10.2 Å². The molecule has 0 spiro atoms. The van der Waals surface area contributed by atoms with Crippen LogP contribution < -0.4 is 15.0 Å². The molecule has 1 aromatic carbocycles. The highest BCUT2D eigenvalue weighted by Gasteiger charge is 2.24. The molecule has 1 N–H and O–H groups in total. The lowest BCUT2D eigenvalue weighted by molar-refractivity contribution is 0.0943. The Hall–Kier alpha value is -2.87. The highest BCUT2D eigenvalue weighted by molar-refractivity contribution is 7.99. The number of pyridine rings is 2. The van der Waals surface area contributed by atoms with Crippen molar-refractivity contribution in [3.05, 3.63) is 59.7 Å². The van der Waals surface area contributed by atoms with Crippen molar-refractivity contribution in [2.45, 2.75) is 6.54 Å². The van der Waals surface area contributed by atoms with Crippen LogP contribution >= 0.6 is 11.8 Å².